The fraction of sp³-hybridized carbons (Fsp3) is 0.111. The van der Waals surface area contributed by atoms with E-state index >= 15 is 0 Å². The Morgan fingerprint density at radius 2 is 1.35 bits per heavy atom. The number of carbonyl (C=O) groups excluding carboxylic acids is 2. The topological polar surface area (TPSA) is 127 Å². The Balaban J connectivity index is 2.70. The molecule has 134 valence electrons. The summed E-state index contributed by atoms with van der Waals surface area (Å²) in [6, 6.07) is 8.23. The number of hydrogen-bond donors (Lipinski definition) is 2. The summed E-state index contributed by atoms with van der Waals surface area (Å²) in [5.41, 5.74) is 0.196. The minimum Gasteiger partial charge on any atom is -0.478 e. The molecular weight excluding hydrogens is 344 g/mol. The van der Waals surface area contributed by atoms with Gasteiger partial charge in [-0.25, -0.2) is 9.59 Å². The quantitative estimate of drug-likeness (QED) is 0.617. The molecule has 2 aromatic carbocycles. The zero-order chi connectivity index (χ0) is 19.4. The van der Waals surface area contributed by atoms with E-state index < -0.39 is 29.4 Å². The zero-order valence-electron chi connectivity index (χ0n) is 13.8. The van der Waals surface area contributed by atoms with Gasteiger partial charge < -0.3 is 19.7 Å². The van der Waals surface area contributed by atoms with Gasteiger partial charge in [0.1, 0.15) is 11.3 Å². The number of carbonyl (C=O) groups is 4. The summed E-state index contributed by atoms with van der Waals surface area (Å²) in [6.07, 6.45) is 0. The van der Waals surface area contributed by atoms with Crippen LogP contribution in [0, 0.1) is 0 Å². The third kappa shape index (κ3) is 4.04. The largest absolute Gasteiger partial charge is 0.478 e. The third-order valence-electron chi connectivity index (χ3n) is 3.28. The van der Waals surface area contributed by atoms with Gasteiger partial charge in [0.25, 0.3) is 0 Å². The summed E-state index contributed by atoms with van der Waals surface area (Å²) in [6.45, 7) is 2.21. The lowest BCUT2D eigenvalue weighted by Gasteiger charge is -2.15. The van der Waals surface area contributed by atoms with Crippen molar-refractivity contribution in [3.8, 4) is 22.6 Å². The number of hydrogen-bond acceptors (Lipinski definition) is 6. The van der Waals surface area contributed by atoms with E-state index in [0.717, 1.165) is 13.8 Å². The van der Waals surface area contributed by atoms with E-state index in [9.17, 15) is 24.3 Å². The van der Waals surface area contributed by atoms with Crippen LogP contribution in [0.3, 0.4) is 0 Å². The predicted octanol–water partition coefficient (Wildman–Crippen LogP) is 2.60. The van der Waals surface area contributed by atoms with E-state index in [2.05, 4.69) is 0 Å². The first kappa shape index (κ1) is 18.7. The fourth-order valence-electron chi connectivity index (χ4n) is 2.28. The van der Waals surface area contributed by atoms with Gasteiger partial charge in [-0.2, -0.15) is 0 Å². The monoisotopic (exact) mass is 358 g/mol. The van der Waals surface area contributed by atoms with Crippen LogP contribution in [0.2, 0.25) is 0 Å². The van der Waals surface area contributed by atoms with Crippen LogP contribution in [-0.2, 0) is 9.59 Å². The van der Waals surface area contributed by atoms with Crippen molar-refractivity contribution in [1.82, 2.24) is 0 Å². The maximum atomic E-state index is 11.7. The molecule has 2 aromatic rings. The van der Waals surface area contributed by atoms with E-state index in [1.165, 1.54) is 36.4 Å². The first-order valence-electron chi connectivity index (χ1n) is 7.31. The second kappa shape index (κ2) is 7.47. The molecule has 2 N–H and O–H groups in total. The highest BCUT2D eigenvalue weighted by Crippen LogP contribution is 2.39. The van der Waals surface area contributed by atoms with E-state index in [-0.39, 0.29) is 22.6 Å². The van der Waals surface area contributed by atoms with Crippen LogP contribution in [0.1, 0.15) is 34.6 Å². The summed E-state index contributed by atoms with van der Waals surface area (Å²) in [7, 11) is 0. The highest BCUT2D eigenvalue weighted by molar-refractivity contribution is 5.99. The summed E-state index contributed by atoms with van der Waals surface area (Å²) >= 11 is 0. The van der Waals surface area contributed by atoms with Crippen molar-refractivity contribution in [2.24, 2.45) is 0 Å². The van der Waals surface area contributed by atoms with Gasteiger partial charge in [0.15, 0.2) is 5.75 Å². The number of aromatic carboxylic acids is 2. The van der Waals surface area contributed by atoms with Gasteiger partial charge in [-0.3, -0.25) is 9.59 Å². The van der Waals surface area contributed by atoms with Crippen molar-refractivity contribution in [2.45, 2.75) is 13.8 Å². The number of esters is 2. The second-order valence-electron chi connectivity index (χ2n) is 5.19. The number of ether oxygens (including phenoxy) is 2. The molecule has 26 heavy (non-hydrogen) atoms. The molecule has 2 rings (SSSR count). The lowest BCUT2D eigenvalue weighted by Crippen LogP contribution is -2.12. The zero-order valence-corrected chi connectivity index (χ0v) is 13.8. The van der Waals surface area contributed by atoms with Gasteiger partial charge in [-0.05, 0) is 29.8 Å². The third-order valence-corrected chi connectivity index (χ3v) is 3.28. The summed E-state index contributed by atoms with van der Waals surface area (Å²) < 4.78 is 9.95. The molecule has 0 aliphatic heterocycles. The highest BCUT2D eigenvalue weighted by Gasteiger charge is 2.25. The molecule has 0 amide bonds. The smallest absolute Gasteiger partial charge is 0.343 e. The van der Waals surface area contributed by atoms with Crippen molar-refractivity contribution in [3.63, 3.8) is 0 Å². The molecule has 0 radical (unpaired) electrons. The van der Waals surface area contributed by atoms with Crippen LogP contribution >= 0.6 is 0 Å². The molecule has 0 bridgehead atoms. The molecule has 0 fully saturated rings. The van der Waals surface area contributed by atoms with Gasteiger partial charge in [0.2, 0.25) is 0 Å². The lowest BCUT2D eigenvalue weighted by atomic mass is 9.99. The van der Waals surface area contributed by atoms with Crippen molar-refractivity contribution >= 4 is 23.9 Å². The minimum atomic E-state index is -1.46. The van der Waals surface area contributed by atoms with Crippen LogP contribution in [0.25, 0.3) is 11.1 Å². The summed E-state index contributed by atoms with van der Waals surface area (Å²) in [5, 5.41) is 18.5. The van der Waals surface area contributed by atoms with Gasteiger partial charge in [-0.15, -0.1) is 0 Å². The average molecular weight is 358 g/mol. The predicted molar refractivity (Wildman–Crippen MR) is 88.4 cm³/mol. The minimum absolute atomic E-state index is 0.0396. The van der Waals surface area contributed by atoms with Crippen molar-refractivity contribution < 1.29 is 38.9 Å². The number of carboxylic acid groups (broad SMARTS) is 2. The first-order valence-corrected chi connectivity index (χ1v) is 7.31. The molecular formula is C18H14O8. The lowest BCUT2D eigenvalue weighted by molar-refractivity contribution is -0.132. The van der Waals surface area contributed by atoms with Crippen LogP contribution < -0.4 is 9.47 Å². The fourth-order valence-corrected chi connectivity index (χ4v) is 2.28. The molecule has 0 saturated carbocycles. The normalized spacial score (nSPS) is 10.1. The van der Waals surface area contributed by atoms with E-state index in [1.54, 1.807) is 0 Å². The molecule has 0 aromatic heterocycles. The number of rotatable bonds is 5. The van der Waals surface area contributed by atoms with Crippen molar-refractivity contribution in [1.29, 1.82) is 0 Å². The molecule has 0 saturated heterocycles. The van der Waals surface area contributed by atoms with Gasteiger partial charge in [-0.1, -0.05) is 12.1 Å². The second-order valence-corrected chi connectivity index (χ2v) is 5.19. The Hall–Kier alpha value is -3.68. The number of benzene rings is 2. The Morgan fingerprint density at radius 1 is 0.769 bits per heavy atom. The van der Waals surface area contributed by atoms with Crippen LogP contribution in [0.4, 0.5) is 0 Å². The highest BCUT2D eigenvalue weighted by atomic mass is 16.5. The average Bonchev–Trinajstić information content (AvgIpc) is 2.53. The van der Waals surface area contributed by atoms with Crippen molar-refractivity contribution in [2.75, 3.05) is 0 Å². The molecule has 0 atom stereocenters. The van der Waals surface area contributed by atoms with Crippen LogP contribution in [-0.4, -0.2) is 34.1 Å². The van der Waals surface area contributed by atoms with E-state index in [1.807, 2.05) is 0 Å². The standard InChI is InChI=1S/C18H14O8/c1-9(19)25-14-8-7-13(11-3-5-12(6-4-11)17(21)22)16(26-10(2)20)15(14)18(23)24/h3-8H,1-2H3,(H,21,22)(H,23,24). The Morgan fingerprint density at radius 3 is 1.81 bits per heavy atom. The maximum absolute atomic E-state index is 11.7. The molecule has 8 nitrogen and oxygen atoms in total. The van der Waals surface area contributed by atoms with Crippen LogP contribution in [0.5, 0.6) is 11.5 Å². The summed E-state index contributed by atoms with van der Waals surface area (Å²) in [5.74, 6) is -4.65. The first-order chi connectivity index (χ1) is 12.2. The maximum Gasteiger partial charge on any atom is 0.343 e. The van der Waals surface area contributed by atoms with E-state index in [0.29, 0.717) is 5.56 Å². The van der Waals surface area contributed by atoms with Crippen LogP contribution in [0.15, 0.2) is 36.4 Å². The molecule has 0 aliphatic carbocycles. The molecule has 0 aliphatic rings. The van der Waals surface area contributed by atoms with Gasteiger partial charge in [0, 0.05) is 19.4 Å². The summed E-state index contributed by atoms with van der Waals surface area (Å²) in [4.78, 5) is 45.3. The van der Waals surface area contributed by atoms with Gasteiger partial charge >= 0.3 is 23.9 Å². The Kier molecular flexibility index (Phi) is 5.36. The Bertz CT molecular complexity index is 896. The molecule has 0 heterocycles. The van der Waals surface area contributed by atoms with Crippen molar-refractivity contribution in [3.05, 3.63) is 47.5 Å². The van der Waals surface area contributed by atoms with E-state index in [4.69, 9.17) is 14.6 Å². The molecule has 0 spiro atoms. The van der Waals surface area contributed by atoms with Gasteiger partial charge in [0.05, 0.1) is 5.56 Å². The SMILES string of the molecule is CC(=O)Oc1ccc(-c2ccc(C(=O)O)cc2)c(OC(C)=O)c1C(=O)O. The molecule has 0 unspecified atom stereocenters. The Labute approximate surface area is 147 Å². The molecule has 8 heteroatoms. The number of carboxylic acids is 2.